The Kier molecular flexibility index (Phi) is 3.42. The van der Waals surface area contributed by atoms with Crippen molar-refractivity contribution in [1.29, 1.82) is 0 Å². The summed E-state index contributed by atoms with van der Waals surface area (Å²) in [5, 5.41) is 5.37. The molecular formula is C13H16N2O2. The molecule has 0 aliphatic heterocycles. The number of rotatable bonds is 4. The van der Waals surface area contributed by atoms with E-state index in [2.05, 4.69) is 5.10 Å². The molecule has 0 aliphatic carbocycles. The zero-order valence-electron chi connectivity index (χ0n) is 10.1. The van der Waals surface area contributed by atoms with Crippen molar-refractivity contribution in [3.63, 3.8) is 0 Å². The molecule has 0 spiro atoms. The summed E-state index contributed by atoms with van der Waals surface area (Å²) in [6, 6.07) is 7.95. The van der Waals surface area contributed by atoms with Gasteiger partial charge in [0, 0.05) is 5.39 Å². The minimum absolute atomic E-state index is 0.174. The van der Waals surface area contributed by atoms with Gasteiger partial charge in [-0.1, -0.05) is 25.1 Å². The van der Waals surface area contributed by atoms with Crippen LogP contribution in [0.4, 0.5) is 0 Å². The molecule has 1 aromatic carbocycles. The fourth-order valence-electron chi connectivity index (χ4n) is 1.79. The van der Waals surface area contributed by atoms with Crippen LogP contribution >= 0.6 is 0 Å². The molecule has 0 fully saturated rings. The number of nitrogens with zero attached hydrogens (tertiary/aromatic N) is 2. The zero-order valence-corrected chi connectivity index (χ0v) is 10.1. The second-order valence-corrected chi connectivity index (χ2v) is 4.04. The van der Waals surface area contributed by atoms with E-state index in [1.165, 1.54) is 0 Å². The first-order chi connectivity index (χ1) is 8.22. The number of hydrogen-bond acceptors (Lipinski definition) is 3. The Balaban J connectivity index is 2.16. The Hall–Kier alpha value is -1.84. The molecule has 1 unspecified atom stereocenters. The summed E-state index contributed by atoms with van der Waals surface area (Å²) < 4.78 is 6.83. The summed E-state index contributed by atoms with van der Waals surface area (Å²) in [4.78, 5) is 11.5. The molecule has 4 nitrogen and oxygen atoms in total. The van der Waals surface area contributed by atoms with Gasteiger partial charge >= 0.3 is 5.97 Å². The lowest BCUT2D eigenvalue weighted by Gasteiger charge is -2.11. The molecule has 1 atom stereocenters. The van der Waals surface area contributed by atoms with Crippen LogP contribution in [0.1, 0.15) is 13.8 Å². The maximum Gasteiger partial charge on any atom is 0.310 e. The third-order valence-electron chi connectivity index (χ3n) is 2.69. The van der Waals surface area contributed by atoms with Gasteiger partial charge in [0.1, 0.15) is 0 Å². The van der Waals surface area contributed by atoms with Gasteiger partial charge in [-0.05, 0) is 13.0 Å². The fourth-order valence-corrected chi connectivity index (χ4v) is 1.79. The zero-order chi connectivity index (χ0) is 12.3. The van der Waals surface area contributed by atoms with Crippen molar-refractivity contribution >= 4 is 16.9 Å². The number of benzene rings is 1. The van der Waals surface area contributed by atoms with Gasteiger partial charge < -0.3 is 4.74 Å². The summed E-state index contributed by atoms with van der Waals surface area (Å²) in [6.07, 6.45) is 1.81. The van der Waals surface area contributed by atoms with Crippen molar-refractivity contribution in [2.24, 2.45) is 5.92 Å². The first kappa shape index (κ1) is 11.6. The normalized spacial score (nSPS) is 12.6. The lowest BCUT2D eigenvalue weighted by atomic mass is 10.2. The average Bonchev–Trinajstić information content (AvgIpc) is 2.73. The van der Waals surface area contributed by atoms with Crippen LogP contribution < -0.4 is 0 Å². The van der Waals surface area contributed by atoms with Gasteiger partial charge in [0.15, 0.2) is 0 Å². The minimum atomic E-state index is -0.182. The Labute approximate surface area is 100 Å². The molecule has 0 N–H and O–H groups in total. The van der Waals surface area contributed by atoms with Crippen LogP contribution in [-0.2, 0) is 16.1 Å². The number of aromatic nitrogens is 2. The van der Waals surface area contributed by atoms with E-state index in [0.29, 0.717) is 13.2 Å². The predicted molar refractivity (Wildman–Crippen MR) is 65.5 cm³/mol. The molecule has 0 saturated heterocycles. The van der Waals surface area contributed by atoms with E-state index >= 15 is 0 Å². The third-order valence-corrected chi connectivity index (χ3v) is 2.69. The molecule has 0 saturated carbocycles. The smallest absolute Gasteiger partial charge is 0.310 e. The van der Waals surface area contributed by atoms with E-state index < -0.39 is 0 Å². The molecule has 90 valence electrons. The van der Waals surface area contributed by atoms with E-state index in [0.717, 1.165) is 10.9 Å². The van der Waals surface area contributed by atoms with Crippen molar-refractivity contribution in [3.8, 4) is 0 Å². The maximum absolute atomic E-state index is 11.5. The van der Waals surface area contributed by atoms with Crippen LogP contribution in [0.3, 0.4) is 0 Å². The molecule has 0 radical (unpaired) electrons. The van der Waals surface area contributed by atoms with E-state index in [9.17, 15) is 4.79 Å². The molecule has 0 aliphatic rings. The lowest BCUT2D eigenvalue weighted by Crippen LogP contribution is -2.20. The molecule has 0 amide bonds. The number of fused-ring (bicyclic) bond motifs is 1. The number of ether oxygens (including phenoxy) is 1. The van der Waals surface area contributed by atoms with Crippen molar-refractivity contribution in [3.05, 3.63) is 30.5 Å². The summed E-state index contributed by atoms with van der Waals surface area (Å²) in [5.74, 6) is -0.356. The second-order valence-electron chi connectivity index (χ2n) is 4.04. The van der Waals surface area contributed by atoms with Crippen LogP contribution in [0.2, 0.25) is 0 Å². The number of esters is 1. The van der Waals surface area contributed by atoms with E-state index in [1.807, 2.05) is 49.0 Å². The highest BCUT2D eigenvalue weighted by molar-refractivity contribution is 5.78. The molecule has 1 heterocycles. The van der Waals surface area contributed by atoms with Crippen LogP contribution in [-0.4, -0.2) is 22.4 Å². The largest absolute Gasteiger partial charge is 0.466 e. The third kappa shape index (κ3) is 2.46. The SMILES string of the molecule is CCOC(=O)C(C)Cn1ncc2ccccc21. The highest BCUT2D eigenvalue weighted by Crippen LogP contribution is 2.14. The molecule has 2 aromatic rings. The Bertz CT molecular complexity index is 519. The van der Waals surface area contributed by atoms with E-state index in [-0.39, 0.29) is 11.9 Å². The van der Waals surface area contributed by atoms with Gasteiger partial charge in [-0.3, -0.25) is 9.48 Å². The average molecular weight is 232 g/mol. The molecular weight excluding hydrogens is 216 g/mol. The summed E-state index contributed by atoms with van der Waals surface area (Å²) in [7, 11) is 0. The standard InChI is InChI=1S/C13H16N2O2/c1-3-17-13(16)10(2)9-15-12-7-5-4-6-11(12)8-14-15/h4-8,10H,3,9H2,1-2H3. The monoisotopic (exact) mass is 232 g/mol. The van der Waals surface area contributed by atoms with Crippen molar-refractivity contribution < 1.29 is 9.53 Å². The summed E-state index contributed by atoms with van der Waals surface area (Å²) >= 11 is 0. The summed E-state index contributed by atoms with van der Waals surface area (Å²) in [6.45, 7) is 4.64. The first-order valence-electron chi connectivity index (χ1n) is 5.79. The predicted octanol–water partition coefficient (Wildman–Crippen LogP) is 2.24. The first-order valence-corrected chi connectivity index (χ1v) is 5.79. The number of hydrogen-bond donors (Lipinski definition) is 0. The lowest BCUT2D eigenvalue weighted by molar-refractivity contribution is -0.147. The minimum Gasteiger partial charge on any atom is -0.466 e. The number of carbonyl (C=O) groups excluding carboxylic acids is 1. The second kappa shape index (κ2) is 4.99. The quantitative estimate of drug-likeness (QED) is 0.759. The van der Waals surface area contributed by atoms with E-state index in [4.69, 9.17) is 4.74 Å². The molecule has 0 bridgehead atoms. The van der Waals surface area contributed by atoms with Gasteiger partial charge in [0.2, 0.25) is 0 Å². The van der Waals surface area contributed by atoms with Gasteiger partial charge in [-0.15, -0.1) is 0 Å². The molecule has 1 aromatic heterocycles. The highest BCUT2D eigenvalue weighted by atomic mass is 16.5. The Morgan fingerprint density at radius 1 is 1.47 bits per heavy atom. The molecule has 2 rings (SSSR count). The topological polar surface area (TPSA) is 44.1 Å². The van der Waals surface area contributed by atoms with Gasteiger partial charge in [0.05, 0.1) is 30.8 Å². The Morgan fingerprint density at radius 2 is 2.24 bits per heavy atom. The van der Waals surface area contributed by atoms with Crippen molar-refractivity contribution in [2.45, 2.75) is 20.4 Å². The highest BCUT2D eigenvalue weighted by Gasteiger charge is 2.15. The van der Waals surface area contributed by atoms with Crippen LogP contribution in [0.25, 0.3) is 10.9 Å². The van der Waals surface area contributed by atoms with Crippen LogP contribution in [0.15, 0.2) is 30.5 Å². The van der Waals surface area contributed by atoms with Crippen molar-refractivity contribution in [2.75, 3.05) is 6.61 Å². The van der Waals surface area contributed by atoms with Crippen molar-refractivity contribution in [1.82, 2.24) is 9.78 Å². The fraction of sp³-hybridized carbons (Fsp3) is 0.385. The Morgan fingerprint density at radius 3 is 3.00 bits per heavy atom. The molecule has 17 heavy (non-hydrogen) atoms. The van der Waals surface area contributed by atoms with Gasteiger partial charge in [-0.2, -0.15) is 5.10 Å². The molecule has 4 heteroatoms. The van der Waals surface area contributed by atoms with Gasteiger partial charge in [-0.25, -0.2) is 0 Å². The summed E-state index contributed by atoms with van der Waals surface area (Å²) in [5.41, 5.74) is 1.05. The van der Waals surface area contributed by atoms with Gasteiger partial charge in [0.25, 0.3) is 0 Å². The van der Waals surface area contributed by atoms with Crippen LogP contribution in [0, 0.1) is 5.92 Å². The maximum atomic E-state index is 11.5. The van der Waals surface area contributed by atoms with E-state index in [1.54, 1.807) is 0 Å². The number of para-hydroxylation sites is 1. The number of carbonyl (C=O) groups is 1. The van der Waals surface area contributed by atoms with Crippen LogP contribution in [0.5, 0.6) is 0 Å².